The number of hydrogen-bond acceptors (Lipinski definition) is 4. The van der Waals surface area contributed by atoms with E-state index in [1.807, 2.05) is 30.5 Å². The Morgan fingerprint density at radius 2 is 2.11 bits per heavy atom. The quantitative estimate of drug-likeness (QED) is 0.365. The molecule has 8 heteroatoms. The molecule has 35 heavy (non-hydrogen) atoms. The Kier molecular flexibility index (Phi) is 7.88. The van der Waals surface area contributed by atoms with Crippen molar-refractivity contribution >= 4 is 34.8 Å². The Bertz CT molecular complexity index is 1240. The molecule has 2 heterocycles. The van der Waals surface area contributed by atoms with Crippen molar-refractivity contribution in [1.29, 1.82) is 0 Å². The van der Waals surface area contributed by atoms with Crippen molar-refractivity contribution in [3.63, 3.8) is 0 Å². The van der Waals surface area contributed by atoms with Crippen LogP contribution >= 0.6 is 22.9 Å². The second-order valence-electron chi connectivity index (χ2n) is 8.36. The van der Waals surface area contributed by atoms with Crippen LogP contribution in [0, 0.1) is 12.7 Å². The molecule has 0 radical (unpaired) electrons. The first-order valence-corrected chi connectivity index (χ1v) is 12.5. The molecule has 5 nitrogen and oxygen atoms in total. The van der Waals surface area contributed by atoms with E-state index in [-0.39, 0.29) is 37.2 Å². The first-order valence-electron chi connectivity index (χ1n) is 11.3. The van der Waals surface area contributed by atoms with Crippen molar-refractivity contribution < 1.29 is 18.7 Å². The van der Waals surface area contributed by atoms with Crippen molar-refractivity contribution in [1.82, 2.24) is 9.80 Å². The third-order valence-corrected chi connectivity index (χ3v) is 7.41. The number of fused-ring (bicyclic) bond motifs is 1. The summed E-state index contributed by atoms with van der Waals surface area (Å²) in [5.74, 6) is -0.447. The van der Waals surface area contributed by atoms with Gasteiger partial charge in [0.15, 0.2) is 0 Å². The van der Waals surface area contributed by atoms with Gasteiger partial charge in [-0.3, -0.25) is 9.59 Å². The van der Waals surface area contributed by atoms with Gasteiger partial charge in [0.25, 0.3) is 5.91 Å². The fourth-order valence-electron chi connectivity index (χ4n) is 4.19. The van der Waals surface area contributed by atoms with Crippen molar-refractivity contribution in [2.75, 3.05) is 26.2 Å². The summed E-state index contributed by atoms with van der Waals surface area (Å²) in [4.78, 5) is 30.9. The maximum absolute atomic E-state index is 13.7. The molecule has 0 spiro atoms. The molecule has 0 saturated heterocycles. The molecular formula is C27H26ClFN2O3S. The van der Waals surface area contributed by atoms with Gasteiger partial charge in [-0.05, 0) is 72.3 Å². The Labute approximate surface area is 213 Å². The number of halogens is 2. The normalized spacial score (nSPS) is 14.8. The van der Waals surface area contributed by atoms with Crippen molar-refractivity contribution in [2.45, 2.75) is 19.4 Å². The highest BCUT2D eigenvalue weighted by molar-refractivity contribution is 7.10. The molecule has 0 bridgehead atoms. The van der Waals surface area contributed by atoms with Gasteiger partial charge < -0.3 is 14.5 Å². The molecule has 1 aromatic heterocycles. The van der Waals surface area contributed by atoms with Gasteiger partial charge in [-0.1, -0.05) is 23.7 Å². The van der Waals surface area contributed by atoms with Crippen LogP contribution in [-0.2, 0) is 11.2 Å². The van der Waals surface area contributed by atoms with E-state index < -0.39 is 11.7 Å². The maximum Gasteiger partial charge on any atom is 0.254 e. The number of aryl methyl sites for hydroxylation is 1. The van der Waals surface area contributed by atoms with E-state index in [2.05, 4.69) is 6.58 Å². The molecule has 0 saturated carbocycles. The van der Waals surface area contributed by atoms with Gasteiger partial charge >= 0.3 is 0 Å². The summed E-state index contributed by atoms with van der Waals surface area (Å²) >= 11 is 7.80. The zero-order chi connectivity index (χ0) is 24.9. The van der Waals surface area contributed by atoms with Crippen LogP contribution < -0.4 is 4.74 Å². The number of nitrogens with zero attached hydrogens (tertiary/aromatic N) is 2. The minimum atomic E-state index is -0.503. The molecule has 3 aromatic rings. The van der Waals surface area contributed by atoms with Crippen LogP contribution in [0.4, 0.5) is 4.39 Å². The average Bonchev–Trinajstić information content (AvgIpc) is 3.33. The molecule has 0 aliphatic carbocycles. The second kappa shape index (κ2) is 11.1. The van der Waals surface area contributed by atoms with Gasteiger partial charge in [0.05, 0.1) is 6.04 Å². The number of benzene rings is 2. The fraction of sp³-hybridized carbons (Fsp3) is 0.259. The average molecular weight is 513 g/mol. The van der Waals surface area contributed by atoms with Gasteiger partial charge in [-0.2, -0.15) is 0 Å². The Balaban J connectivity index is 1.53. The first-order chi connectivity index (χ1) is 16.9. The van der Waals surface area contributed by atoms with E-state index in [1.54, 1.807) is 28.4 Å². The lowest BCUT2D eigenvalue weighted by atomic mass is 10.0. The Hall–Kier alpha value is -3.16. The summed E-state index contributed by atoms with van der Waals surface area (Å²) in [6, 6.07) is 12.7. The van der Waals surface area contributed by atoms with Crippen molar-refractivity contribution in [3.05, 3.63) is 99.0 Å². The summed E-state index contributed by atoms with van der Waals surface area (Å²) in [7, 11) is 0. The van der Waals surface area contributed by atoms with Crippen LogP contribution in [-0.4, -0.2) is 47.9 Å². The van der Waals surface area contributed by atoms with E-state index in [9.17, 15) is 14.0 Å². The monoisotopic (exact) mass is 512 g/mol. The standard InChI is InChI=1S/C27H26ClFN2O3S/c1-3-11-30(27(33)19-5-4-6-20(29)15-19)16-26(32)31-12-9-25-22(10-13-35-25)24(31)17-34-21-7-8-23(28)18(2)14-21/h3-8,10,13-15,24H,1,9,11-12,16-17H2,2H3. The van der Waals surface area contributed by atoms with Gasteiger partial charge in [-0.25, -0.2) is 4.39 Å². The number of hydrogen-bond donors (Lipinski definition) is 0. The van der Waals surface area contributed by atoms with Crippen LogP contribution in [0.5, 0.6) is 5.75 Å². The number of carbonyl (C=O) groups excluding carboxylic acids is 2. The zero-order valence-electron chi connectivity index (χ0n) is 19.4. The molecule has 1 atom stereocenters. The van der Waals surface area contributed by atoms with E-state index in [4.69, 9.17) is 16.3 Å². The molecule has 1 aliphatic rings. The highest BCUT2D eigenvalue weighted by atomic mass is 35.5. The molecule has 0 fully saturated rings. The van der Waals surface area contributed by atoms with Gasteiger partial charge in [0, 0.05) is 28.6 Å². The molecule has 1 aliphatic heterocycles. The van der Waals surface area contributed by atoms with E-state index in [1.165, 1.54) is 34.0 Å². The lowest BCUT2D eigenvalue weighted by Gasteiger charge is -2.37. The summed E-state index contributed by atoms with van der Waals surface area (Å²) < 4.78 is 19.8. The zero-order valence-corrected chi connectivity index (χ0v) is 20.9. The summed E-state index contributed by atoms with van der Waals surface area (Å²) in [5.41, 5.74) is 2.16. The van der Waals surface area contributed by atoms with Crippen LogP contribution in [0.25, 0.3) is 0 Å². The largest absolute Gasteiger partial charge is 0.491 e. The predicted molar refractivity (Wildman–Crippen MR) is 137 cm³/mol. The molecular weight excluding hydrogens is 487 g/mol. The summed E-state index contributed by atoms with van der Waals surface area (Å²) in [5, 5.41) is 2.69. The lowest BCUT2D eigenvalue weighted by Crippen LogP contribution is -2.47. The Morgan fingerprint density at radius 3 is 2.86 bits per heavy atom. The molecule has 1 unspecified atom stereocenters. The molecule has 4 rings (SSSR count). The number of amides is 2. The number of rotatable bonds is 8. The van der Waals surface area contributed by atoms with Crippen LogP contribution in [0.15, 0.2) is 66.6 Å². The number of thiophene rings is 1. The first kappa shape index (κ1) is 24.9. The summed E-state index contributed by atoms with van der Waals surface area (Å²) in [6.45, 7) is 6.44. The Morgan fingerprint density at radius 1 is 1.29 bits per heavy atom. The second-order valence-corrected chi connectivity index (χ2v) is 9.77. The van der Waals surface area contributed by atoms with Crippen molar-refractivity contribution in [2.24, 2.45) is 0 Å². The fourth-order valence-corrected chi connectivity index (χ4v) is 5.24. The molecule has 2 aromatic carbocycles. The SMILES string of the molecule is C=CCN(CC(=O)N1CCc2sccc2C1COc1ccc(Cl)c(C)c1)C(=O)c1cccc(F)c1. The lowest BCUT2D eigenvalue weighted by molar-refractivity contribution is -0.135. The molecule has 182 valence electrons. The van der Waals surface area contributed by atoms with Crippen molar-refractivity contribution in [3.8, 4) is 5.75 Å². The highest BCUT2D eigenvalue weighted by Gasteiger charge is 2.33. The smallest absolute Gasteiger partial charge is 0.254 e. The predicted octanol–water partition coefficient (Wildman–Crippen LogP) is 5.68. The van der Waals surface area contributed by atoms with Crippen LogP contribution in [0.3, 0.4) is 0 Å². The summed E-state index contributed by atoms with van der Waals surface area (Å²) in [6.07, 6.45) is 2.30. The number of ether oxygens (including phenoxy) is 1. The topological polar surface area (TPSA) is 49.9 Å². The third-order valence-electron chi connectivity index (χ3n) is 5.99. The van der Waals surface area contributed by atoms with Gasteiger partial charge in [0.1, 0.15) is 24.7 Å². The van der Waals surface area contributed by atoms with E-state index in [0.29, 0.717) is 17.3 Å². The minimum Gasteiger partial charge on any atom is -0.491 e. The number of carbonyl (C=O) groups is 2. The van der Waals surface area contributed by atoms with Crippen LogP contribution in [0.1, 0.15) is 32.4 Å². The van der Waals surface area contributed by atoms with Crippen LogP contribution in [0.2, 0.25) is 5.02 Å². The third kappa shape index (κ3) is 5.74. The highest BCUT2D eigenvalue weighted by Crippen LogP contribution is 2.34. The van der Waals surface area contributed by atoms with E-state index in [0.717, 1.165) is 17.5 Å². The van der Waals surface area contributed by atoms with E-state index >= 15 is 0 Å². The minimum absolute atomic E-state index is 0.141. The molecule has 0 N–H and O–H groups in total. The maximum atomic E-state index is 13.7. The molecule has 2 amide bonds. The van der Waals surface area contributed by atoms with Gasteiger partial charge in [0.2, 0.25) is 5.91 Å². The van der Waals surface area contributed by atoms with Gasteiger partial charge in [-0.15, -0.1) is 17.9 Å².